The molecule has 4 rings (SSSR count). The van der Waals surface area contributed by atoms with E-state index in [1.54, 1.807) is 28.8 Å². The van der Waals surface area contributed by atoms with Crippen molar-refractivity contribution >= 4 is 41.1 Å². The molecular weight excluding hydrogens is 422 g/mol. The molecule has 3 amide bonds. The SMILES string of the molecule is CC1(C)S[C@@H]2C(NC(=O)C(NC(=O)CCl)c3ccco3)C(=O)N2C1c1nn[nH]n1. The quantitative estimate of drug-likeness (QED) is 0.424. The molecule has 4 heterocycles. The third-order valence-electron chi connectivity index (χ3n) is 4.86. The summed E-state index contributed by atoms with van der Waals surface area (Å²) in [5.74, 6) is -0.978. The summed E-state index contributed by atoms with van der Waals surface area (Å²) in [6.07, 6.45) is 1.39. The van der Waals surface area contributed by atoms with Crippen LogP contribution in [0.4, 0.5) is 0 Å². The number of β-lactam (4-membered cyclic amide) rings is 1. The fourth-order valence-electron chi connectivity index (χ4n) is 3.61. The molecule has 154 valence electrons. The van der Waals surface area contributed by atoms with E-state index < -0.39 is 23.9 Å². The van der Waals surface area contributed by atoms with Crippen molar-refractivity contribution in [3.05, 3.63) is 30.0 Å². The van der Waals surface area contributed by atoms with Crippen LogP contribution in [0.1, 0.15) is 37.5 Å². The van der Waals surface area contributed by atoms with Gasteiger partial charge in [0.15, 0.2) is 11.9 Å². The van der Waals surface area contributed by atoms with Crippen molar-refractivity contribution in [2.75, 3.05) is 5.88 Å². The average Bonchev–Trinajstić information content (AvgIpc) is 3.43. The number of nitrogens with one attached hydrogen (secondary N) is 3. The number of tetrazole rings is 1. The first-order valence-corrected chi connectivity index (χ1v) is 10.2. The molecule has 3 unspecified atom stereocenters. The monoisotopic (exact) mass is 439 g/mol. The molecule has 2 aliphatic rings. The molecule has 2 fully saturated rings. The molecule has 2 aliphatic heterocycles. The normalized spacial score (nSPS) is 25.8. The smallest absolute Gasteiger partial charge is 0.251 e. The van der Waals surface area contributed by atoms with Gasteiger partial charge in [-0.3, -0.25) is 14.4 Å². The van der Waals surface area contributed by atoms with Crippen molar-refractivity contribution in [2.45, 2.75) is 42.1 Å². The zero-order valence-electron chi connectivity index (χ0n) is 15.5. The van der Waals surface area contributed by atoms with Gasteiger partial charge in [-0.2, -0.15) is 5.21 Å². The lowest BCUT2D eigenvalue weighted by atomic mass is 9.95. The molecule has 0 radical (unpaired) electrons. The van der Waals surface area contributed by atoms with E-state index in [-0.39, 0.29) is 33.7 Å². The molecule has 2 aromatic rings. The number of carbonyl (C=O) groups excluding carboxylic acids is 3. The molecule has 0 aromatic carbocycles. The standard InChI is InChI=1S/C16H18ClN7O4S/c1-16(2)11(12-20-22-23-21-12)24-14(27)10(15(24)29-16)19-13(26)9(18-8(25)6-17)7-4-3-5-28-7/h3-5,9-11,15H,6H2,1-2H3,(H,18,25)(H,19,26)(H,20,21,22,23)/t9?,10?,11?,15-/m1/s1. The highest BCUT2D eigenvalue weighted by atomic mass is 35.5. The number of nitrogens with zero attached hydrogens (tertiary/aromatic N) is 4. The average molecular weight is 440 g/mol. The zero-order valence-corrected chi connectivity index (χ0v) is 17.0. The number of thioether (sulfide) groups is 1. The summed E-state index contributed by atoms with van der Waals surface area (Å²) < 4.78 is 4.88. The van der Waals surface area contributed by atoms with Gasteiger partial charge in [-0.15, -0.1) is 33.6 Å². The van der Waals surface area contributed by atoms with Crippen LogP contribution in [0.3, 0.4) is 0 Å². The number of H-pyrrole nitrogens is 1. The lowest BCUT2D eigenvalue weighted by Crippen LogP contribution is -2.68. The van der Waals surface area contributed by atoms with Crippen molar-refractivity contribution in [2.24, 2.45) is 0 Å². The number of furan rings is 1. The number of hydrogen-bond donors (Lipinski definition) is 3. The van der Waals surface area contributed by atoms with E-state index >= 15 is 0 Å². The largest absolute Gasteiger partial charge is 0.467 e. The number of alkyl halides is 1. The highest BCUT2D eigenvalue weighted by Gasteiger charge is 2.63. The number of amides is 3. The Balaban J connectivity index is 1.51. The van der Waals surface area contributed by atoms with Gasteiger partial charge in [0.1, 0.15) is 29.1 Å². The van der Waals surface area contributed by atoms with Crippen LogP contribution in [-0.2, 0) is 14.4 Å². The fraction of sp³-hybridized carbons (Fsp3) is 0.500. The van der Waals surface area contributed by atoms with Crippen molar-refractivity contribution in [1.29, 1.82) is 0 Å². The number of aromatic amines is 1. The Kier molecular flexibility index (Phi) is 4.99. The van der Waals surface area contributed by atoms with Gasteiger partial charge in [0.05, 0.1) is 6.26 Å². The Bertz CT molecular complexity index is 920. The van der Waals surface area contributed by atoms with Gasteiger partial charge in [-0.1, -0.05) is 5.21 Å². The number of hydrogen-bond acceptors (Lipinski definition) is 8. The summed E-state index contributed by atoms with van der Waals surface area (Å²) in [7, 11) is 0. The molecule has 3 N–H and O–H groups in total. The van der Waals surface area contributed by atoms with Crippen LogP contribution in [0.15, 0.2) is 22.8 Å². The molecule has 2 aromatic heterocycles. The summed E-state index contributed by atoms with van der Waals surface area (Å²) in [4.78, 5) is 39.1. The number of rotatable bonds is 6. The summed E-state index contributed by atoms with van der Waals surface area (Å²) in [6.45, 7) is 3.96. The minimum absolute atomic E-state index is 0.244. The van der Waals surface area contributed by atoms with Crippen molar-refractivity contribution in [3.8, 4) is 0 Å². The van der Waals surface area contributed by atoms with Gasteiger partial charge in [-0.05, 0) is 26.0 Å². The van der Waals surface area contributed by atoms with Gasteiger partial charge in [0.2, 0.25) is 11.8 Å². The van der Waals surface area contributed by atoms with Crippen molar-refractivity contribution in [3.63, 3.8) is 0 Å². The maximum absolute atomic E-state index is 12.9. The van der Waals surface area contributed by atoms with Gasteiger partial charge in [-0.25, -0.2) is 0 Å². The third kappa shape index (κ3) is 3.35. The summed E-state index contributed by atoms with van der Waals surface area (Å²) in [5.41, 5.74) is 0. The van der Waals surface area contributed by atoms with Crippen LogP contribution in [-0.4, -0.2) is 65.3 Å². The van der Waals surface area contributed by atoms with Crippen molar-refractivity contribution in [1.82, 2.24) is 36.2 Å². The second kappa shape index (κ2) is 7.34. The number of carbonyl (C=O) groups is 3. The summed E-state index contributed by atoms with van der Waals surface area (Å²) >= 11 is 7.08. The van der Waals surface area contributed by atoms with E-state index in [0.29, 0.717) is 5.82 Å². The van der Waals surface area contributed by atoms with Crippen LogP contribution in [0, 0.1) is 0 Å². The molecule has 29 heavy (non-hydrogen) atoms. The fourth-order valence-corrected chi connectivity index (χ4v) is 5.31. The molecule has 0 saturated carbocycles. The molecule has 4 atom stereocenters. The van der Waals surface area contributed by atoms with E-state index in [4.69, 9.17) is 16.0 Å². The molecule has 11 nitrogen and oxygen atoms in total. The van der Waals surface area contributed by atoms with Crippen molar-refractivity contribution < 1.29 is 18.8 Å². The first kappa shape index (κ1) is 19.7. The number of fused-ring (bicyclic) bond motifs is 1. The van der Waals surface area contributed by atoms with Gasteiger partial charge < -0.3 is 20.0 Å². The van der Waals surface area contributed by atoms with Gasteiger partial charge in [0, 0.05) is 4.75 Å². The number of halogens is 1. The minimum atomic E-state index is -1.09. The van der Waals surface area contributed by atoms with Gasteiger partial charge >= 0.3 is 0 Å². The molecule has 0 spiro atoms. The third-order valence-corrected chi connectivity index (χ3v) is 6.68. The first-order valence-electron chi connectivity index (χ1n) is 8.76. The van der Waals surface area contributed by atoms with E-state index in [2.05, 4.69) is 31.3 Å². The van der Waals surface area contributed by atoms with E-state index in [0.717, 1.165) is 0 Å². The Hall–Kier alpha value is -2.60. The highest BCUT2D eigenvalue weighted by molar-refractivity contribution is 8.01. The Morgan fingerprint density at radius 2 is 2.28 bits per heavy atom. The van der Waals surface area contributed by atoms with Crippen LogP contribution < -0.4 is 10.6 Å². The first-order chi connectivity index (χ1) is 13.8. The summed E-state index contributed by atoms with van der Waals surface area (Å²) in [5, 5.41) is 19.0. The van der Waals surface area contributed by atoms with Crippen LogP contribution in [0.2, 0.25) is 0 Å². The molecular formula is C16H18ClN7O4S. The second-order valence-electron chi connectivity index (χ2n) is 7.17. The highest BCUT2D eigenvalue weighted by Crippen LogP contribution is 2.56. The Morgan fingerprint density at radius 1 is 1.48 bits per heavy atom. The van der Waals surface area contributed by atoms with E-state index in [9.17, 15) is 14.4 Å². The minimum Gasteiger partial charge on any atom is -0.467 e. The molecule has 13 heteroatoms. The van der Waals surface area contributed by atoms with Crippen LogP contribution in [0.25, 0.3) is 0 Å². The topological polar surface area (TPSA) is 146 Å². The molecule has 0 bridgehead atoms. The number of aromatic nitrogens is 4. The van der Waals surface area contributed by atoms with Crippen LogP contribution >= 0.6 is 23.4 Å². The zero-order chi connectivity index (χ0) is 20.8. The predicted octanol–water partition coefficient (Wildman–Crippen LogP) is 0.109. The Morgan fingerprint density at radius 3 is 2.90 bits per heavy atom. The lowest BCUT2D eigenvalue weighted by molar-refractivity contribution is -0.152. The van der Waals surface area contributed by atoms with Gasteiger partial charge in [0.25, 0.3) is 5.91 Å². The lowest BCUT2D eigenvalue weighted by Gasteiger charge is -2.44. The summed E-state index contributed by atoms with van der Waals surface area (Å²) in [6, 6.07) is 0.963. The molecule has 2 saturated heterocycles. The van der Waals surface area contributed by atoms with E-state index in [1.807, 2.05) is 13.8 Å². The maximum Gasteiger partial charge on any atom is 0.251 e. The van der Waals surface area contributed by atoms with Crippen LogP contribution in [0.5, 0.6) is 0 Å². The Labute approximate surface area is 174 Å². The maximum atomic E-state index is 12.9. The predicted molar refractivity (Wildman–Crippen MR) is 101 cm³/mol. The second-order valence-corrected chi connectivity index (χ2v) is 9.20. The van der Waals surface area contributed by atoms with E-state index in [1.165, 1.54) is 6.26 Å². The molecule has 0 aliphatic carbocycles.